The van der Waals surface area contributed by atoms with Gasteiger partial charge >= 0.3 is 5.97 Å². The molecule has 3 N–H and O–H groups in total. The van der Waals surface area contributed by atoms with E-state index in [-0.39, 0.29) is 24.0 Å². The Morgan fingerprint density at radius 3 is 2.16 bits per heavy atom. The Morgan fingerprint density at radius 2 is 1.62 bits per heavy atom. The van der Waals surface area contributed by atoms with E-state index in [9.17, 15) is 28.3 Å². The third-order valence-corrected chi connectivity index (χ3v) is 6.31. The second kappa shape index (κ2) is 11.5. The quantitative estimate of drug-likeness (QED) is 0.364. The predicted molar refractivity (Wildman–Crippen MR) is 137 cm³/mol. The molecule has 3 rings (SSSR count). The molecule has 0 heterocycles. The van der Waals surface area contributed by atoms with Gasteiger partial charge in [-0.05, 0) is 74.2 Å². The number of nitrogens with two attached hydrogens (primary N) is 1. The van der Waals surface area contributed by atoms with Crippen LogP contribution >= 0.6 is 11.6 Å². The minimum absolute atomic E-state index is 0.158. The van der Waals surface area contributed by atoms with Crippen LogP contribution in [-0.4, -0.2) is 39.4 Å². The van der Waals surface area contributed by atoms with Gasteiger partial charge in [0.2, 0.25) is 5.91 Å². The van der Waals surface area contributed by atoms with E-state index in [4.69, 9.17) is 17.3 Å². The van der Waals surface area contributed by atoms with Gasteiger partial charge in [-0.1, -0.05) is 35.9 Å². The number of carboxylic acid groups (broad SMARTS) is 1. The molecular weight excluding hydrogens is 502 g/mol. The zero-order chi connectivity index (χ0) is 27.3. The second-order valence-corrected chi connectivity index (χ2v) is 9.79. The Bertz CT molecular complexity index is 1290. The van der Waals surface area contributed by atoms with Crippen molar-refractivity contribution in [2.45, 2.75) is 44.7 Å². The molecule has 3 aromatic carbocycles. The smallest absolute Gasteiger partial charge is 0.326 e. The zero-order valence-electron chi connectivity index (χ0n) is 20.4. The maximum Gasteiger partial charge on any atom is 0.326 e. The van der Waals surface area contributed by atoms with Crippen molar-refractivity contribution in [3.63, 3.8) is 0 Å². The first-order valence-electron chi connectivity index (χ1n) is 11.5. The van der Waals surface area contributed by atoms with Crippen molar-refractivity contribution in [2.24, 2.45) is 5.73 Å². The molecule has 1 atom stereocenters. The molecule has 0 saturated carbocycles. The third kappa shape index (κ3) is 6.92. The summed E-state index contributed by atoms with van der Waals surface area (Å²) in [5.41, 5.74) is 5.83. The van der Waals surface area contributed by atoms with Gasteiger partial charge < -0.3 is 15.7 Å². The van der Waals surface area contributed by atoms with Crippen LogP contribution in [0.1, 0.15) is 42.6 Å². The standard InChI is InChI=1S/C28H27ClF2N2O4/c1-28(2,16-17-3-9-20(29)10-4-17)33(24(27(36)37)13-14-25(32)34)26(35)19-7-5-18(6-8-19)22-12-11-21(30)15-23(22)31/h3-12,15,24H,13-14,16H2,1-2H3,(H2,32,34)(H,36,37)/t24-/m0/s1. The number of amides is 2. The highest BCUT2D eigenvalue weighted by Gasteiger charge is 2.40. The summed E-state index contributed by atoms with van der Waals surface area (Å²) in [5.74, 6) is -3.99. The van der Waals surface area contributed by atoms with Crippen molar-refractivity contribution >= 4 is 29.4 Å². The summed E-state index contributed by atoms with van der Waals surface area (Å²) >= 11 is 5.99. The molecule has 37 heavy (non-hydrogen) atoms. The fourth-order valence-corrected chi connectivity index (χ4v) is 4.45. The molecule has 6 nitrogen and oxygen atoms in total. The van der Waals surface area contributed by atoms with E-state index in [0.717, 1.165) is 17.7 Å². The Hall–Kier alpha value is -3.78. The summed E-state index contributed by atoms with van der Waals surface area (Å²) in [7, 11) is 0. The third-order valence-electron chi connectivity index (χ3n) is 6.06. The highest BCUT2D eigenvalue weighted by atomic mass is 35.5. The summed E-state index contributed by atoms with van der Waals surface area (Å²) < 4.78 is 27.5. The summed E-state index contributed by atoms with van der Waals surface area (Å²) in [6.45, 7) is 3.48. The van der Waals surface area contributed by atoms with Crippen LogP contribution in [0.3, 0.4) is 0 Å². The molecule has 9 heteroatoms. The van der Waals surface area contributed by atoms with Gasteiger partial charge in [0.05, 0.1) is 0 Å². The molecule has 194 valence electrons. The van der Waals surface area contributed by atoms with E-state index in [1.54, 1.807) is 38.1 Å². The largest absolute Gasteiger partial charge is 0.480 e. The molecule has 0 bridgehead atoms. The lowest BCUT2D eigenvalue weighted by molar-refractivity contribution is -0.144. The Morgan fingerprint density at radius 1 is 1.00 bits per heavy atom. The zero-order valence-corrected chi connectivity index (χ0v) is 21.1. The maximum atomic E-state index is 14.2. The van der Waals surface area contributed by atoms with Crippen LogP contribution < -0.4 is 5.73 Å². The second-order valence-electron chi connectivity index (χ2n) is 9.35. The Labute approximate surface area is 218 Å². The molecule has 0 spiro atoms. The monoisotopic (exact) mass is 528 g/mol. The van der Waals surface area contributed by atoms with Gasteiger partial charge in [-0.2, -0.15) is 0 Å². The van der Waals surface area contributed by atoms with Crippen molar-refractivity contribution in [3.05, 3.63) is 94.5 Å². The van der Waals surface area contributed by atoms with Crippen molar-refractivity contribution < 1.29 is 28.3 Å². The topological polar surface area (TPSA) is 101 Å². The summed E-state index contributed by atoms with van der Waals surface area (Å²) in [4.78, 5) is 38.8. The molecule has 0 radical (unpaired) electrons. The van der Waals surface area contributed by atoms with E-state index >= 15 is 0 Å². The maximum absolute atomic E-state index is 14.2. The van der Waals surface area contributed by atoms with E-state index in [2.05, 4.69) is 0 Å². The van der Waals surface area contributed by atoms with E-state index < -0.39 is 41.0 Å². The minimum Gasteiger partial charge on any atom is -0.480 e. The number of aliphatic carboxylic acids is 1. The predicted octanol–water partition coefficient (Wildman–Crippen LogP) is 5.47. The van der Waals surface area contributed by atoms with Crippen LogP contribution in [0.4, 0.5) is 8.78 Å². The van der Waals surface area contributed by atoms with Gasteiger partial charge in [0.25, 0.3) is 5.91 Å². The van der Waals surface area contributed by atoms with Crippen LogP contribution in [0.15, 0.2) is 66.7 Å². The lowest BCUT2D eigenvalue weighted by Gasteiger charge is -2.42. The minimum atomic E-state index is -1.34. The van der Waals surface area contributed by atoms with E-state index in [0.29, 0.717) is 17.0 Å². The summed E-state index contributed by atoms with van der Waals surface area (Å²) in [6.07, 6.45) is -0.0883. The molecule has 0 saturated heterocycles. The fraction of sp³-hybridized carbons (Fsp3) is 0.250. The number of primary amides is 1. The normalized spacial score (nSPS) is 12.1. The van der Waals surface area contributed by atoms with Crippen LogP contribution in [0, 0.1) is 11.6 Å². The Kier molecular flexibility index (Phi) is 8.65. The molecule has 0 aromatic heterocycles. The first kappa shape index (κ1) is 27.8. The van der Waals surface area contributed by atoms with Gasteiger partial charge in [-0.25, -0.2) is 13.6 Å². The van der Waals surface area contributed by atoms with E-state index in [1.807, 2.05) is 0 Å². The molecule has 0 aliphatic heterocycles. The van der Waals surface area contributed by atoms with Crippen molar-refractivity contribution in [3.8, 4) is 11.1 Å². The van der Waals surface area contributed by atoms with E-state index in [1.165, 1.54) is 35.2 Å². The average Bonchev–Trinajstić information content (AvgIpc) is 2.82. The highest BCUT2D eigenvalue weighted by Crippen LogP contribution is 2.30. The van der Waals surface area contributed by atoms with Crippen LogP contribution in [0.25, 0.3) is 11.1 Å². The number of carboxylic acids is 1. The van der Waals surface area contributed by atoms with Crippen LogP contribution in [0.5, 0.6) is 0 Å². The number of rotatable bonds is 10. The van der Waals surface area contributed by atoms with Gasteiger partial charge in [-0.15, -0.1) is 0 Å². The average molecular weight is 529 g/mol. The number of carbonyl (C=O) groups is 3. The molecule has 0 unspecified atom stereocenters. The fourth-order valence-electron chi connectivity index (χ4n) is 4.32. The lowest BCUT2D eigenvalue weighted by atomic mass is 9.89. The molecule has 0 aliphatic carbocycles. The number of hydrogen-bond acceptors (Lipinski definition) is 3. The van der Waals surface area contributed by atoms with Gasteiger partial charge in [0.1, 0.15) is 17.7 Å². The molecule has 0 fully saturated rings. The van der Waals surface area contributed by atoms with Crippen molar-refractivity contribution in [1.29, 1.82) is 0 Å². The number of hydrogen-bond donors (Lipinski definition) is 2. The SMILES string of the molecule is CC(C)(Cc1ccc(Cl)cc1)N(C(=O)c1ccc(-c2ccc(F)cc2F)cc1)[C@@H](CCC(N)=O)C(=O)O. The number of benzene rings is 3. The van der Waals surface area contributed by atoms with Crippen LogP contribution in [-0.2, 0) is 16.0 Å². The number of halogens is 3. The van der Waals surface area contributed by atoms with Gasteiger partial charge in [-0.3, -0.25) is 9.59 Å². The summed E-state index contributed by atoms with van der Waals surface area (Å²) in [5, 5.41) is 10.6. The van der Waals surface area contributed by atoms with Crippen molar-refractivity contribution in [2.75, 3.05) is 0 Å². The summed E-state index contributed by atoms with van der Waals surface area (Å²) in [6, 6.07) is 14.8. The molecule has 2 amide bonds. The van der Waals surface area contributed by atoms with Gasteiger partial charge in [0, 0.05) is 34.2 Å². The first-order chi connectivity index (χ1) is 17.4. The molecule has 3 aromatic rings. The molecule has 0 aliphatic rings. The Balaban J connectivity index is 2.00. The highest BCUT2D eigenvalue weighted by molar-refractivity contribution is 6.30. The van der Waals surface area contributed by atoms with Gasteiger partial charge in [0.15, 0.2) is 0 Å². The first-order valence-corrected chi connectivity index (χ1v) is 11.9. The van der Waals surface area contributed by atoms with Crippen molar-refractivity contribution in [1.82, 2.24) is 4.90 Å². The number of carbonyl (C=O) groups excluding carboxylic acids is 2. The lowest BCUT2D eigenvalue weighted by Crippen LogP contribution is -2.57. The number of nitrogens with zero attached hydrogens (tertiary/aromatic N) is 1. The molecular formula is C28H27ClF2N2O4. The van der Waals surface area contributed by atoms with Crippen LogP contribution in [0.2, 0.25) is 5.02 Å².